The smallest absolute Gasteiger partial charge is 0.263 e. The number of rotatable bonds is 5. The van der Waals surface area contributed by atoms with Crippen LogP contribution in [0.2, 0.25) is 0 Å². The Morgan fingerprint density at radius 2 is 1.85 bits per heavy atom. The van der Waals surface area contributed by atoms with Crippen LogP contribution in [0.3, 0.4) is 0 Å². The minimum Gasteiger partial charge on any atom is -0.497 e. The molecule has 2 aromatic carbocycles. The lowest BCUT2D eigenvalue weighted by Crippen LogP contribution is -2.29. The van der Waals surface area contributed by atoms with Crippen molar-refractivity contribution in [2.24, 2.45) is 0 Å². The van der Waals surface area contributed by atoms with Gasteiger partial charge in [-0.1, -0.05) is 29.8 Å². The number of aryl methyl sites for hydroxylation is 1. The van der Waals surface area contributed by atoms with Gasteiger partial charge in [0.15, 0.2) is 0 Å². The highest BCUT2D eigenvalue weighted by Gasteiger charge is 2.12. The van der Waals surface area contributed by atoms with Gasteiger partial charge in [-0.15, -0.1) is 0 Å². The number of nitrogens with zero attached hydrogens (tertiary/aromatic N) is 1. The van der Waals surface area contributed by atoms with Crippen molar-refractivity contribution in [1.29, 1.82) is 0 Å². The first-order valence-electron chi connectivity index (χ1n) is 8.27. The van der Waals surface area contributed by atoms with Gasteiger partial charge >= 0.3 is 0 Å². The monoisotopic (exact) mass is 348 g/mol. The molecule has 26 heavy (non-hydrogen) atoms. The number of carbonyl (C=O) groups is 1. The van der Waals surface area contributed by atoms with Crippen LogP contribution in [-0.2, 0) is 6.54 Å². The van der Waals surface area contributed by atoms with E-state index in [4.69, 9.17) is 4.74 Å². The van der Waals surface area contributed by atoms with Crippen LogP contribution < -0.4 is 15.6 Å². The number of pyridine rings is 1. The highest BCUT2D eigenvalue weighted by Crippen LogP contribution is 2.13. The zero-order valence-electron chi connectivity index (χ0n) is 14.7. The topological polar surface area (TPSA) is 60.3 Å². The molecule has 0 fully saturated rings. The number of benzene rings is 2. The molecule has 0 saturated heterocycles. The van der Waals surface area contributed by atoms with E-state index >= 15 is 0 Å². The van der Waals surface area contributed by atoms with Gasteiger partial charge in [-0.25, -0.2) is 0 Å². The van der Waals surface area contributed by atoms with Crippen molar-refractivity contribution in [1.82, 2.24) is 4.57 Å². The van der Waals surface area contributed by atoms with Crippen molar-refractivity contribution >= 4 is 11.6 Å². The molecule has 0 aliphatic rings. The van der Waals surface area contributed by atoms with E-state index in [9.17, 15) is 9.59 Å². The van der Waals surface area contributed by atoms with E-state index < -0.39 is 5.91 Å². The Hall–Kier alpha value is -3.34. The van der Waals surface area contributed by atoms with Gasteiger partial charge < -0.3 is 14.6 Å². The summed E-state index contributed by atoms with van der Waals surface area (Å²) in [5.41, 5.74) is 2.45. The number of anilines is 1. The normalized spacial score (nSPS) is 10.4. The van der Waals surface area contributed by atoms with E-state index in [1.165, 1.54) is 10.6 Å². The molecule has 3 aromatic rings. The van der Waals surface area contributed by atoms with Crippen LogP contribution in [0.15, 0.2) is 71.7 Å². The Balaban J connectivity index is 1.83. The molecule has 1 aromatic heterocycles. The highest BCUT2D eigenvalue weighted by molar-refractivity contribution is 6.03. The molecular formula is C21H20N2O3. The maximum atomic E-state index is 12.7. The van der Waals surface area contributed by atoms with Crippen LogP contribution in [0.5, 0.6) is 5.75 Å². The van der Waals surface area contributed by atoms with E-state index in [2.05, 4.69) is 5.32 Å². The number of carbonyl (C=O) groups excluding carboxylic acids is 1. The predicted molar refractivity (Wildman–Crippen MR) is 102 cm³/mol. The molecular weight excluding hydrogens is 328 g/mol. The molecule has 0 saturated carbocycles. The van der Waals surface area contributed by atoms with E-state index in [-0.39, 0.29) is 11.1 Å². The molecule has 0 radical (unpaired) electrons. The molecule has 0 aliphatic carbocycles. The summed E-state index contributed by atoms with van der Waals surface area (Å²) in [4.78, 5) is 25.2. The first-order chi connectivity index (χ1) is 12.6. The number of hydrogen-bond donors (Lipinski definition) is 1. The van der Waals surface area contributed by atoms with Gasteiger partial charge in [0, 0.05) is 11.9 Å². The van der Waals surface area contributed by atoms with Crippen molar-refractivity contribution in [2.45, 2.75) is 13.5 Å². The standard InChI is InChI=1S/C21H20N2O3/c1-15-8-10-17(11-9-15)22-20(24)19-7-4-12-23(21(19)25)14-16-5-3-6-18(13-16)26-2/h3-13H,14H2,1-2H3,(H,22,24). The second kappa shape index (κ2) is 7.70. The van der Waals surface area contributed by atoms with Gasteiger partial charge in [0.25, 0.3) is 11.5 Å². The maximum Gasteiger partial charge on any atom is 0.263 e. The molecule has 132 valence electrons. The Bertz CT molecular complexity index is 975. The average Bonchev–Trinajstić information content (AvgIpc) is 2.65. The van der Waals surface area contributed by atoms with Crippen molar-refractivity contribution in [3.63, 3.8) is 0 Å². The molecule has 1 N–H and O–H groups in total. The number of hydrogen-bond acceptors (Lipinski definition) is 3. The van der Waals surface area contributed by atoms with E-state index in [0.29, 0.717) is 12.2 Å². The third kappa shape index (κ3) is 4.00. The first-order valence-corrected chi connectivity index (χ1v) is 8.27. The molecule has 5 heteroatoms. The van der Waals surface area contributed by atoms with E-state index in [1.54, 1.807) is 19.4 Å². The van der Waals surface area contributed by atoms with Gasteiger partial charge in [0.2, 0.25) is 0 Å². The second-order valence-electron chi connectivity index (χ2n) is 6.03. The van der Waals surface area contributed by atoms with Gasteiger partial charge in [0.1, 0.15) is 11.3 Å². The van der Waals surface area contributed by atoms with Crippen LogP contribution in [0.25, 0.3) is 0 Å². The van der Waals surface area contributed by atoms with E-state index in [1.807, 2.05) is 55.5 Å². The SMILES string of the molecule is COc1cccc(Cn2cccc(C(=O)Nc3ccc(C)cc3)c2=O)c1. The zero-order valence-corrected chi connectivity index (χ0v) is 14.7. The Morgan fingerprint density at radius 1 is 1.08 bits per heavy atom. The van der Waals surface area contributed by atoms with E-state index in [0.717, 1.165) is 16.9 Å². The van der Waals surface area contributed by atoms with Crippen molar-refractivity contribution < 1.29 is 9.53 Å². The first kappa shape index (κ1) is 17.5. The largest absolute Gasteiger partial charge is 0.497 e. The average molecular weight is 348 g/mol. The van der Waals surface area contributed by atoms with Gasteiger partial charge in [-0.3, -0.25) is 9.59 Å². The quantitative estimate of drug-likeness (QED) is 0.768. The fourth-order valence-corrected chi connectivity index (χ4v) is 2.64. The molecule has 0 bridgehead atoms. The zero-order chi connectivity index (χ0) is 18.5. The summed E-state index contributed by atoms with van der Waals surface area (Å²) in [7, 11) is 1.60. The fourth-order valence-electron chi connectivity index (χ4n) is 2.64. The summed E-state index contributed by atoms with van der Waals surface area (Å²) in [6, 6.07) is 18.2. The number of amides is 1. The minimum absolute atomic E-state index is 0.107. The van der Waals surface area contributed by atoms with Crippen LogP contribution in [0.4, 0.5) is 5.69 Å². The Labute approximate surface area is 151 Å². The van der Waals surface area contributed by atoms with Crippen LogP contribution in [-0.4, -0.2) is 17.6 Å². The molecule has 1 amide bonds. The Kier molecular flexibility index (Phi) is 5.17. The molecule has 0 atom stereocenters. The lowest BCUT2D eigenvalue weighted by molar-refractivity contribution is 0.102. The summed E-state index contributed by atoms with van der Waals surface area (Å²) in [6.45, 7) is 2.34. The number of methoxy groups -OCH3 is 1. The highest BCUT2D eigenvalue weighted by atomic mass is 16.5. The molecule has 5 nitrogen and oxygen atoms in total. The predicted octanol–water partition coefficient (Wildman–Crippen LogP) is 3.47. The Morgan fingerprint density at radius 3 is 2.58 bits per heavy atom. The maximum absolute atomic E-state index is 12.7. The molecule has 0 aliphatic heterocycles. The summed E-state index contributed by atoms with van der Waals surface area (Å²) < 4.78 is 6.72. The van der Waals surface area contributed by atoms with Gasteiger partial charge in [-0.2, -0.15) is 0 Å². The van der Waals surface area contributed by atoms with Crippen molar-refractivity contribution in [3.05, 3.63) is 93.9 Å². The van der Waals surface area contributed by atoms with Gasteiger partial charge in [0.05, 0.1) is 13.7 Å². The lowest BCUT2D eigenvalue weighted by atomic mass is 10.2. The number of aromatic nitrogens is 1. The summed E-state index contributed by atoms with van der Waals surface area (Å²) >= 11 is 0. The third-order valence-electron chi connectivity index (χ3n) is 4.06. The van der Waals surface area contributed by atoms with Crippen LogP contribution in [0.1, 0.15) is 21.5 Å². The molecule has 0 unspecified atom stereocenters. The van der Waals surface area contributed by atoms with Gasteiger partial charge in [-0.05, 0) is 48.9 Å². The summed E-state index contributed by atoms with van der Waals surface area (Å²) in [5.74, 6) is 0.308. The number of nitrogens with one attached hydrogen (secondary N) is 1. The summed E-state index contributed by atoms with van der Waals surface area (Å²) in [5, 5.41) is 2.76. The van der Waals surface area contributed by atoms with Crippen LogP contribution in [0, 0.1) is 6.92 Å². The fraction of sp³-hybridized carbons (Fsp3) is 0.143. The molecule has 3 rings (SSSR count). The van der Waals surface area contributed by atoms with Crippen molar-refractivity contribution in [3.8, 4) is 5.75 Å². The van der Waals surface area contributed by atoms with Crippen molar-refractivity contribution in [2.75, 3.05) is 12.4 Å². The minimum atomic E-state index is -0.418. The summed E-state index contributed by atoms with van der Waals surface area (Å²) in [6.07, 6.45) is 1.67. The number of ether oxygens (including phenoxy) is 1. The lowest BCUT2D eigenvalue weighted by Gasteiger charge is -2.10. The molecule has 1 heterocycles. The molecule has 0 spiro atoms. The third-order valence-corrected chi connectivity index (χ3v) is 4.06. The van der Waals surface area contributed by atoms with Crippen LogP contribution >= 0.6 is 0 Å². The second-order valence-corrected chi connectivity index (χ2v) is 6.03.